The highest BCUT2D eigenvalue weighted by Gasteiger charge is 2.06. The Morgan fingerprint density at radius 2 is 2.15 bits per heavy atom. The molecule has 3 nitrogen and oxygen atoms in total. The summed E-state index contributed by atoms with van der Waals surface area (Å²) in [5.74, 6) is 0.732. The molecule has 0 aliphatic carbocycles. The highest BCUT2D eigenvalue weighted by atomic mass is 35.5. The molecule has 2 aromatic rings. The van der Waals surface area contributed by atoms with E-state index < -0.39 is 0 Å². The van der Waals surface area contributed by atoms with Crippen molar-refractivity contribution in [2.24, 2.45) is 0 Å². The maximum absolute atomic E-state index is 13.2. The Labute approximate surface area is 122 Å². The molecule has 0 unspecified atom stereocenters. The normalized spacial score (nSPS) is 10.6. The number of rotatable bonds is 5. The van der Waals surface area contributed by atoms with Gasteiger partial charge in [0, 0.05) is 18.8 Å². The Kier molecular flexibility index (Phi) is 4.93. The molecule has 0 amide bonds. The Balaban J connectivity index is 2.18. The molecule has 1 N–H and O–H groups in total. The molecule has 20 heavy (non-hydrogen) atoms. The summed E-state index contributed by atoms with van der Waals surface area (Å²) in [6, 6.07) is 6.36. The molecule has 0 fully saturated rings. The van der Waals surface area contributed by atoms with Crippen molar-refractivity contribution >= 4 is 11.6 Å². The quantitative estimate of drug-likeness (QED) is 0.902. The molecule has 0 radical (unpaired) electrons. The van der Waals surface area contributed by atoms with E-state index in [1.807, 2.05) is 6.92 Å². The maximum Gasteiger partial charge on any atom is 0.219 e. The van der Waals surface area contributed by atoms with Crippen molar-refractivity contribution < 1.29 is 9.13 Å². The van der Waals surface area contributed by atoms with Crippen LogP contribution in [0.4, 0.5) is 4.39 Å². The van der Waals surface area contributed by atoms with Crippen molar-refractivity contribution in [3.8, 4) is 11.6 Å². The van der Waals surface area contributed by atoms with Gasteiger partial charge in [-0.3, -0.25) is 0 Å². The summed E-state index contributed by atoms with van der Waals surface area (Å²) in [5, 5.41) is 3.79. The summed E-state index contributed by atoms with van der Waals surface area (Å²) in [7, 11) is 0. The molecule has 1 aromatic heterocycles. The van der Waals surface area contributed by atoms with E-state index in [1.165, 1.54) is 6.07 Å². The van der Waals surface area contributed by atoms with Gasteiger partial charge in [0.05, 0.1) is 5.02 Å². The number of nitrogens with zero attached hydrogens (tertiary/aromatic N) is 1. The zero-order valence-corrected chi connectivity index (χ0v) is 12.2. The van der Waals surface area contributed by atoms with Crippen molar-refractivity contribution in [1.82, 2.24) is 10.3 Å². The largest absolute Gasteiger partial charge is 0.439 e. The highest BCUT2D eigenvalue weighted by Crippen LogP contribution is 2.25. The Morgan fingerprint density at radius 1 is 1.35 bits per heavy atom. The molecular formula is C15H16ClFN2O. The van der Waals surface area contributed by atoms with Crippen LogP contribution in [0.1, 0.15) is 18.1 Å². The van der Waals surface area contributed by atoms with Crippen LogP contribution in [0.15, 0.2) is 30.5 Å². The number of aryl methyl sites for hydroxylation is 1. The predicted molar refractivity (Wildman–Crippen MR) is 77.8 cm³/mol. The first-order chi connectivity index (χ1) is 9.60. The minimum atomic E-state index is -0.255. The number of benzene rings is 1. The number of nitrogens with one attached hydrogen (secondary N) is 1. The molecule has 0 atom stereocenters. The molecule has 0 bridgehead atoms. The lowest BCUT2D eigenvalue weighted by molar-refractivity contribution is 0.459. The first-order valence-electron chi connectivity index (χ1n) is 6.39. The van der Waals surface area contributed by atoms with Gasteiger partial charge in [0.25, 0.3) is 0 Å². The van der Waals surface area contributed by atoms with Gasteiger partial charge in [-0.1, -0.05) is 18.5 Å². The van der Waals surface area contributed by atoms with Gasteiger partial charge in [0.2, 0.25) is 5.88 Å². The number of hydrogen-bond acceptors (Lipinski definition) is 3. The van der Waals surface area contributed by atoms with Gasteiger partial charge in [0.1, 0.15) is 11.6 Å². The number of aromatic nitrogens is 1. The topological polar surface area (TPSA) is 34.1 Å². The summed E-state index contributed by atoms with van der Waals surface area (Å²) < 4.78 is 18.8. The van der Waals surface area contributed by atoms with Crippen molar-refractivity contribution in [3.05, 3.63) is 52.4 Å². The van der Waals surface area contributed by atoms with E-state index in [9.17, 15) is 4.39 Å². The van der Waals surface area contributed by atoms with E-state index in [0.717, 1.165) is 12.1 Å². The van der Waals surface area contributed by atoms with Crippen molar-refractivity contribution in [2.75, 3.05) is 6.54 Å². The number of ether oxygens (including phenoxy) is 1. The molecule has 0 aliphatic rings. The van der Waals surface area contributed by atoms with Gasteiger partial charge in [-0.15, -0.1) is 0 Å². The molecule has 106 valence electrons. The van der Waals surface area contributed by atoms with Crippen LogP contribution >= 0.6 is 11.6 Å². The molecule has 1 heterocycles. The lowest BCUT2D eigenvalue weighted by Crippen LogP contribution is -2.12. The predicted octanol–water partition coefficient (Wildman–Crippen LogP) is 4.08. The lowest BCUT2D eigenvalue weighted by Gasteiger charge is -2.09. The second-order valence-electron chi connectivity index (χ2n) is 4.41. The molecular weight excluding hydrogens is 279 g/mol. The van der Waals surface area contributed by atoms with Crippen LogP contribution in [0.5, 0.6) is 11.6 Å². The van der Waals surface area contributed by atoms with E-state index in [-0.39, 0.29) is 5.82 Å². The maximum atomic E-state index is 13.2. The van der Waals surface area contributed by atoms with Gasteiger partial charge in [-0.2, -0.15) is 0 Å². The monoisotopic (exact) mass is 294 g/mol. The fourth-order valence-corrected chi connectivity index (χ4v) is 1.88. The molecule has 0 aliphatic heterocycles. The lowest BCUT2D eigenvalue weighted by atomic mass is 10.2. The minimum Gasteiger partial charge on any atom is -0.439 e. The fourth-order valence-electron chi connectivity index (χ4n) is 1.71. The van der Waals surface area contributed by atoms with E-state index in [4.69, 9.17) is 16.3 Å². The molecule has 0 spiro atoms. The van der Waals surface area contributed by atoms with Crippen LogP contribution in [0, 0.1) is 12.7 Å². The van der Waals surface area contributed by atoms with E-state index in [1.54, 1.807) is 31.3 Å². The standard InChI is InChI=1S/C15H16ClFN2O/c1-3-18-8-11-7-15(19-9-13(11)16)20-12-4-5-14(17)10(2)6-12/h4-7,9,18H,3,8H2,1-2H3. The zero-order valence-electron chi connectivity index (χ0n) is 11.4. The van der Waals surface area contributed by atoms with Crippen LogP contribution in [0.2, 0.25) is 5.02 Å². The molecule has 2 rings (SSSR count). The summed E-state index contributed by atoms with van der Waals surface area (Å²) in [6.45, 7) is 5.21. The molecule has 1 aromatic carbocycles. The third-order valence-corrected chi connectivity index (χ3v) is 3.17. The Hall–Kier alpha value is -1.65. The summed E-state index contributed by atoms with van der Waals surface area (Å²) >= 11 is 6.07. The smallest absolute Gasteiger partial charge is 0.219 e. The zero-order chi connectivity index (χ0) is 14.5. The van der Waals surface area contributed by atoms with Crippen LogP contribution in [-0.2, 0) is 6.54 Å². The highest BCUT2D eigenvalue weighted by molar-refractivity contribution is 6.31. The first-order valence-corrected chi connectivity index (χ1v) is 6.77. The summed E-state index contributed by atoms with van der Waals surface area (Å²) in [4.78, 5) is 4.12. The van der Waals surface area contributed by atoms with Crippen molar-refractivity contribution in [3.63, 3.8) is 0 Å². The van der Waals surface area contributed by atoms with Gasteiger partial charge < -0.3 is 10.1 Å². The third-order valence-electron chi connectivity index (χ3n) is 2.83. The average molecular weight is 295 g/mol. The third kappa shape index (κ3) is 3.68. The van der Waals surface area contributed by atoms with Gasteiger partial charge in [-0.25, -0.2) is 9.37 Å². The number of hydrogen-bond donors (Lipinski definition) is 1. The first kappa shape index (κ1) is 14.8. The second-order valence-corrected chi connectivity index (χ2v) is 4.81. The van der Waals surface area contributed by atoms with E-state index in [2.05, 4.69) is 10.3 Å². The Morgan fingerprint density at radius 3 is 2.85 bits per heavy atom. The van der Waals surface area contributed by atoms with Crippen LogP contribution in [0.3, 0.4) is 0 Å². The van der Waals surface area contributed by atoms with Gasteiger partial charge in [-0.05, 0) is 42.8 Å². The summed E-state index contributed by atoms with van der Waals surface area (Å²) in [5.41, 5.74) is 1.45. The van der Waals surface area contributed by atoms with Crippen LogP contribution in [0.25, 0.3) is 0 Å². The summed E-state index contributed by atoms with van der Waals surface area (Å²) in [6.07, 6.45) is 1.56. The van der Waals surface area contributed by atoms with Crippen LogP contribution in [-0.4, -0.2) is 11.5 Å². The van der Waals surface area contributed by atoms with Crippen LogP contribution < -0.4 is 10.1 Å². The van der Waals surface area contributed by atoms with Crippen molar-refractivity contribution in [2.45, 2.75) is 20.4 Å². The SMILES string of the molecule is CCNCc1cc(Oc2ccc(F)c(C)c2)ncc1Cl. The molecule has 0 saturated heterocycles. The van der Waals surface area contributed by atoms with Crippen molar-refractivity contribution in [1.29, 1.82) is 0 Å². The fraction of sp³-hybridized carbons (Fsp3) is 0.267. The van der Waals surface area contributed by atoms with Gasteiger partial charge in [0.15, 0.2) is 0 Å². The Bertz CT molecular complexity index is 604. The molecule has 5 heteroatoms. The average Bonchev–Trinajstić information content (AvgIpc) is 2.43. The molecule has 0 saturated carbocycles. The minimum absolute atomic E-state index is 0.255. The van der Waals surface area contributed by atoms with Gasteiger partial charge >= 0.3 is 0 Å². The number of pyridine rings is 1. The number of halogens is 2. The second kappa shape index (κ2) is 6.68. The van der Waals surface area contributed by atoms with E-state index >= 15 is 0 Å². The van der Waals surface area contributed by atoms with E-state index in [0.29, 0.717) is 28.8 Å².